The Kier molecular flexibility index (Phi) is 8.42. The molecule has 2 aromatic carbocycles. The summed E-state index contributed by atoms with van der Waals surface area (Å²) in [7, 11) is 1.68. The van der Waals surface area contributed by atoms with Crippen LogP contribution in [-0.2, 0) is 7.05 Å². The smallest absolute Gasteiger partial charge is 0.250 e. The molecule has 4 aromatic rings. The first kappa shape index (κ1) is 30.5. The van der Waals surface area contributed by atoms with E-state index in [0.717, 1.165) is 42.9 Å². The van der Waals surface area contributed by atoms with E-state index in [-0.39, 0.29) is 17.1 Å². The van der Waals surface area contributed by atoms with Crippen LogP contribution in [0.4, 0.5) is 17.1 Å². The summed E-state index contributed by atoms with van der Waals surface area (Å²) < 4.78 is 1.48. The van der Waals surface area contributed by atoms with Gasteiger partial charge in [-0.25, -0.2) is 0 Å². The summed E-state index contributed by atoms with van der Waals surface area (Å²) in [4.78, 5) is 19.0. The zero-order chi connectivity index (χ0) is 31.7. The van der Waals surface area contributed by atoms with Crippen molar-refractivity contribution in [2.45, 2.75) is 51.2 Å². The van der Waals surface area contributed by atoms with Crippen LogP contribution in [0.15, 0.2) is 83.7 Å². The lowest BCUT2D eigenvalue weighted by Gasteiger charge is -2.42. The van der Waals surface area contributed by atoms with Gasteiger partial charge < -0.3 is 20.6 Å². The molecule has 0 radical (unpaired) electrons. The molecule has 6 rings (SSSR count). The van der Waals surface area contributed by atoms with E-state index in [4.69, 9.17) is 11.6 Å². The Balaban J connectivity index is 1.33. The van der Waals surface area contributed by atoms with Crippen molar-refractivity contribution in [3.05, 3.63) is 105 Å². The van der Waals surface area contributed by atoms with Crippen LogP contribution in [-0.4, -0.2) is 44.1 Å². The first-order chi connectivity index (χ1) is 21.6. The number of nitrogens with zero attached hydrogens (tertiary/aromatic N) is 5. The summed E-state index contributed by atoms with van der Waals surface area (Å²) >= 11 is 6.82. The number of pyridine rings is 2. The van der Waals surface area contributed by atoms with E-state index in [1.807, 2.05) is 30.3 Å². The lowest BCUT2D eigenvalue weighted by molar-refractivity contribution is 0.0570. The fourth-order valence-electron chi connectivity index (χ4n) is 6.03. The summed E-state index contributed by atoms with van der Waals surface area (Å²) in [6.07, 6.45) is 7.50. The maximum atomic E-state index is 12.0. The van der Waals surface area contributed by atoms with Crippen molar-refractivity contribution < 1.29 is 0 Å². The van der Waals surface area contributed by atoms with Gasteiger partial charge in [0.1, 0.15) is 6.07 Å². The first-order valence-corrected chi connectivity index (χ1v) is 15.5. The highest BCUT2D eigenvalue weighted by molar-refractivity contribution is 6.36. The van der Waals surface area contributed by atoms with Gasteiger partial charge in [-0.3, -0.25) is 19.7 Å². The van der Waals surface area contributed by atoms with E-state index in [1.165, 1.54) is 16.8 Å². The summed E-state index contributed by atoms with van der Waals surface area (Å²) in [5.41, 5.74) is 11.8. The van der Waals surface area contributed by atoms with E-state index in [9.17, 15) is 10.1 Å². The molecule has 0 aliphatic carbocycles. The van der Waals surface area contributed by atoms with Gasteiger partial charge in [-0.15, -0.1) is 5.53 Å². The number of nitriles is 1. The molecule has 0 amide bonds. The van der Waals surface area contributed by atoms with Crippen LogP contribution in [0, 0.1) is 11.3 Å². The van der Waals surface area contributed by atoms with Gasteiger partial charge >= 0.3 is 0 Å². The number of halogens is 1. The molecule has 1 fully saturated rings. The van der Waals surface area contributed by atoms with Crippen molar-refractivity contribution in [3.8, 4) is 6.07 Å². The van der Waals surface area contributed by atoms with E-state index in [0.29, 0.717) is 38.9 Å². The average Bonchev–Trinajstić information content (AvgIpc) is 3.52. The molecule has 0 saturated carbocycles. The molecule has 0 unspecified atom stereocenters. The summed E-state index contributed by atoms with van der Waals surface area (Å²) in [6.45, 7) is 8.94. The van der Waals surface area contributed by atoms with Gasteiger partial charge in [-0.1, -0.05) is 41.9 Å². The molecule has 2 aromatic heterocycles. The van der Waals surface area contributed by atoms with Crippen molar-refractivity contribution >= 4 is 39.6 Å². The third-order valence-electron chi connectivity index (χ3n) is 8.57. The van der Waals surface area contributed by atoms with Gasteiger partial charge in [0.15, 0.2) is 0 Å². The maximum Gasteiger partial charge on any atom is 0.250 e. The molecule has 4 N–H and O–H groups in total. The molecule has 1 atom stereocenters. The molecule has 4 heterocycles. The van der Waals surface area contributed by atoms with Gasteiger partial charge in [0.25, 0.3) is 0 Å². The normalized spacial score (nSPS) is 16.6. The predicted molar refractivity (Wildman–Crippen MR) is 180 cm³/mol. The molecule has 45 heavy (non-hydrogen) atoms. The summed E-state index contributed by atoms with van der Waals surface area (Å²) in [5, 5.41) is 20.3. The number of likely N-dealkylation sites (tertiary alicyclic amines) is 1. The minimum atomic E-state index is -0.223. The molecule has 1 saturated heterocycles. The van der Waals surface area contributed by atoms with Crippen LogP contribution in [0.25, 0.3) is 10.9 Å². The highest BCUT2D eigenvalue weighted by Crippen LogP contribution is 2.37. The Morgan fingerprint density at radius 3 is 2.53 bits per heavy atom. The summed E-state index contributed by atoms with van der Waals surface area (Å²) in [6, 6.07) is 19.6. The second-order valence-electron chi connectivity index (χ2n) is 12.6. The summed E-state index contributed by atoms with van der Waals surface area (Å²) in [5.74, 6) is 0. The fraction of sp³-hybridized carbons (Fsp3) is 0.324. The Morgan fingerprint density at radius 1 is 1.09 bits per heavy atom. The zero-order valence-electron chi connectivity index (χ0n) is 25.9. The molecule has 2 aliphatic rings. The minimum Gasteiger partial charge on any atom is -0.373 e. The Labute approximate surface area is 268 Å². The molecular weight excluding hydrogens is 586 g/mol. The van der Waals surface area contributed by atoms with Crippen molar-refractivity contribution in [3.63, 3.8) is 0 Å². The Hall–Kier alpha value is -4.56. The van der Waals surface area contributed by atoms with Crippen molar-refractivity contribution in [1.82, 2.24) is 30.4 Å². The molecule has 11 heteroatoms. The number of aryl methyl sites for hydroxylation is 1. The molecule has 0 spiro atoms. The van der Waals surface area contributed by atoms with Crippen LogP contribution in [0.5, 0.6) is 0 Å². The quantitative estimate of drug-likeness (QED) is 0.203. The van der Waals surface area contributed by atoms with E-state index >= 15 is 0 Å². The number of nitrogens with one attached hydrogen (secondary N) is 4. The number of piperidine rings is 1. The number of rotatable bonds is 7. The predicted octanol–water partition coefficient (Wildman–Crippen LogP) is 5.78. The molecule has 10 nitrogen and oxygen atoms in total. The van der Waals surface area contributed by atoms with Gasteiger partial charge in [-0.2, -0.15) is 5.26 Å². The van der Waals surface area contributed by atoms with E-state index in [1.54, 1.807) is 19.3 Å². The van der Waals surface area contributed by atoms with Crippen LogP contribution in [0.1, 0.15) is 50.8 Å². The Bertz CT molecular complexity index is 1830. The largest absolute Gasteiger partial charge is 0.373 e. The first-order valence-electron chi connectivity index (χ1n) is 15.1. The topological polar surface area (TPSA) is 113 Å². The van der Waals surface area contributed by atoms with E-state index < -0.39 is 0 Å². The molecular formula is C34H38ClN9O. The van der Waals surface area contributed by atoms with Crippen molar-refractivity contribution in [2.75, 3.05) is 23.7 Å². The van der Waals surface area contributed by atoms with Gasteiger partial charge in [-0.05, 0) is 57.4 Å². The van der Waals surface area contributed by atoms with E-state index in [2.05, 4.69) is 81.7 Å². The highest BCUT2D eigenvalue weighted by Gasteiger charge is 2.32. The van der Waals surface area contributed by atoms with Crippen molar-refractivity contribution in [1.29, 1.82) is 5.26 Å². The maximum absolute atomic E-state index is 12.0. The van der Waals surface area contributed by atoms with Crippen LogP contribution in [0.3, 0.4) is 0 Å². The fourth-order valence-corrected chi connectivity index (χ4v) is 6.30. The number of hydrogen-bond acceptors (Lipinski definition) is 9. The SMILES string of the molecule is Cn1cc(Nc2c(C#N)cnc3c(Cl)cc(N[C@H](C4=CN(C5CCN(C(C)(C)C)CC5)NN4)c4ccccc4)cc23)ccc1=O. The number of aromatic nitrogens is 2. The standard InChI is InChI=1S/C34H38ClN9O/c1-34(2,3)43-14-12-26(13-15-43)44-21-29(40-41-44)32(22-8-6-5-7-9-22)39-25-16-27-31(38-24-10-11-30(45)42(4)20-24)23(18-36)19-37-33(27)28(35)17-25/h5-11,16-17,19-21,26,32,39-41H,12-15H2,1-4H3,(H,37,38)/t32-/m0/s1. The van der Waals surface area contributed by atoms with Crippen LogP contribution < -0.4 is 27.2 Å². The second-order valence-corrected chi connectivity index (χ2v) is 13.0. The lowest BCUT2D eigenvalue weighted by atomic mass is 9.98. The van der Waals surface area contributed by atoms with Crippen molar-refractivity contribution in [2.24, 2.45) is 7.05 Å². The lowest BCUT2D eigenvalue weighted by Crippen LogP contribution is -2.52. The monoisotopic (exact) mass is 623 g/mol. The average molecular weight is 624 g/mol. The number of anilines is 3. The third kappa shape index (κ3) is 6.47. The number of hydrazine groups is 2. The molecule has 2 aliphatic heterocycles. The van der Waals surface area contributed by atoms with Gasteiger partial charge in [0.2, 0.25) is 5.56 Å². The van der Waals surface area contributed by atoms with Gasteiger partial charge in [0, 0.05) is 67.5 Å². The molecule has 0 bridgehead atoms. The third-order valence-corrected chi connectivity index (χ3v) is 8.86. The molecule has 232 valence electrons. The minimum absolute atomic E-state index is 0.125. The number of hydrogen-bond donors (Lipinski definition) is 4. The second kappa shape index (κ2) is 12.4. The van der Waals surface area contributed by atoms with Crippen LogP contribution >= 0.6 is 11.6 Å². The number of fused-ring (bicyclic) bond motifs is 1. The number of benzene rings is 2. The zero-order valence-corrected chi connectivity index (χ0v) is 26.7. The van der Waals surface area contributed by atoms with Crippen LogP contribution in [0.2, 0.25) is 5.02 Å². The highest BCUT2D eigenvalue weighted by atomic mass is 35.5. The van der Waals surface area contributed by atoms with Gasteiger partial charge in [0.05, 0.1) is 39.2 Å². The Morgan fingerprint density at radius 2 is 1.84 bits per heavy atom.